The zero-order chi connectivity index (χ0) is 23.9. The largest absolute Gasteiger partial charge is 0.330 e. The Kier molecular flexibility index (Phi) is 6.41. The minimum absolute atomic E-state index is 0.0879. The summed E-state index contributed by atoms with van der Waals surface area (Å²) in [6.45, 7) is 1.06. The first kappa shape index (κ1) is 23.3. The van der Waals surface area contributed by atoms with Crippen molar-refractivity contribution in [3.63, 3.8) is 0 Å². The Bertz CT molecular complexity index is 1220. The second kappa shape index (κ2) is 9.33. The third kappa shape index (κ3) is 4.02. The molecule has 178 valence electrons. The average Bonchev–Trinajstić information content (AvgIpc) is 3.45. The summed E-state index contributed by atoms with van der Waals surface area (Å²) in [5.41, 5.74) is 7.31. The molecule has 3 heterocycles. The smallest absolute Gasteiger partial charge is 0.208 e. The molecule has 2 unspecified atom stereocenters. The van der Waals surface area contributed by atoms with Crippen molar-refractivity contribution in [2.75, 3.05) is 25.1 Å². The van der Waals surface area contributed by atoms with Crippen molar-refractivity contribution in [3.8, 4) is 0 Å². The molecule has 5 nitrogen and oxygen atoms in total. The number of hydrogen-bond acceptors (Lipinski definition) is 7. The fourth-order valence-corrected chi connectivity index (χ4v) is 6.86. The number of hydrazone groups is 1. The number of aromatic nitrogens is 1. The van der Waals surface area contributed by atoms with Crippen molar-refractivity contribution >= 4 is 33.3 Å². The van der Waals surface area contributed by atoms with Crippen molar-refractivity contribution < 1.29 is 13.2 Å². The minimum atomic E-state index is -1.29. The molecule has 0 radical (unpaired) electrons. The summed E-state index contributed by atoms with van der Waals surface area (Å²) >= 11 is 2.76. The summed E-state index contributed by atoms with van der Waals surface area (Å²) in [5, 5.41) is 7.42. The van der Waals surface area contributed by atoms with Crippen LogP contribution in [0.4, 0.5) is 18.3 Å². The molecule has 0 amide bonds. The first-order chi connectivity index (χ1) is 16.4. The summed E-state index contributed by atoms with van der Waals surface area (Å²) in [6, 6.07) is 13.1. The van der Waals surface area contributed by atoms with Crippen LogP contribution < -0.4 is 10.7 Å². The van der Waals surface area contributed by atoms with Gasteiger partial charge in [0.1, 0.15) is 27.2 Å². The van der Waals surface area contributed by atoms with E-state index in [0.717, 1.165) is 28.6 Å². The molecule has 0 fully saturated rings. The van der Waals surface area contributed by atoms with Gasteiger partial charge >= 0.3 is 0 Å². The van der Waals surface area contributed by atoms with E-state index in [1.807, 2.05) is 30.3 Å². The number of alkyl halides is 1. The number of nitrogens with zero attached hydrogens (tertiary/aromatic N) is 4. The molecule has 0 saturated carbocycles. The molecule has 1 aromatic heterocycles. The maximum atomic E-state index is 14.9. The molecule has 2 atom stereocenters. The molecule has 0 bridgehead atoms. The Hall–Kier alpha value is -2.40. The Morgan fingerprint density at radius 2 is 1.97 bits per heavy atom. The van der Waals surface area contributed by atoms with E-state index < -0.39 is 22.8 Å². The van der Waals surface area contributed by atoms with Gasteiger partial charge in [-0.05, 0) is 56.6 Å². The molecule has 2 aliphatic rings. The highest BCUT2D eigenvalue weighted by molar-refractivity contribution is 8.15. The molecule has 3 aromatic rings. The molecule has 2 aromatic carbocycles. The van der Waals surface area contributed by atoms with Crippen LogP contribution in [-0.2, 0) is 11.3 Å². The van der Waals surface area contributed by atoms with E-state index in [4.69, 9.17) is 10.8 Å². The maximum absolute atomic E-state index is 14.9. The van der Waals surface area contributed by atoms with Crippen molar-refractivity contribution in [3.05, 3.63) is 81.9 Å². The number of halogens is 3. The highest BCUT2D eigenvalue weighted by Gasteiger charge is 2.48. The number of benzene rings is 2. The predicted molar refractivity (Wildman–Crippen MR) is 132 cm³/mol. The van der Waals surface area contributed by atoms with Crippen molar-refractivity contribution in [1.29, 1.82) is 0 Å². The number of nitrogens with two attached hydrogens (primary N) is 1. The second-order valence-electron chi connectivity index (χ2n) is 8.36. The fourth-order valence-electron chi connectivity index (χ4n) is 4.29. The average molecular weight is 504 g/mol. The monoisotopic (exact) mass is 503 g/mol. The summed E-state index contributed by atoms with van der Waals surface area (Å²) < 4.78 is 43.8. The number of thioether (sulfide) groups is 1. The summed E-state index contributed by atoms with van der Waals surface area (Å²) in [7, 11) is 1.73. The number of fused-ring (bicyclic) bond motifs is 1. The number of thiazole rings is 1. The van der Waals surface area contributed by atoms with Gasteiger partial charge in [0.05, 0.1) is 0 Å². The number of likely N-dealkylation sites (N-methyl/N-ethyl adjacent to an activating group) is 1. The molecular formula is C24H24F3N5S2. The van der Waals surface area contributed by atoms with E-state index in [-0.39, 0.29) is 5.56 Å². The predicted octanol–water partition coefficient (Wildman–Crippen LogP) is 5.38. The van der Waals surface area contributed by atoms with E-state index in [0.29, 0.717) is 48.2 Å². The van der Waals surface area contributed by atoms with Crippen LogP contribution in [0.3, 0.4) is 0 Å². The van der Waals surface area contributed by atoms with Gasteiger partial charge in [0.25, 0.3) is 0 Å². The van der Waals surface area contributed by atoms with Crippen LogP contribution in [0.2, 0.25) is 0 Å². The lowest BCUT2D eigenvalue weighted by Crippen LogP contribution is -2.38. The zero-order valence-corrected chi connectivity index (χ0v) is 20.2. The topological polar surface area (TPSA) is 57.8 Å². The number of rotatable bonds is 6. The van der Waals surface area contributed by atoms with Crippen LogP contribution in [0, 0.1) is 11.6 Å². The van der Waals surface area contributed by atoms with E-state index in [1.165, 1.54) is 23.1 Å². The number of anilines is 1. The number of hydrogen-bond donors (Lipinski definition) is 1. The zero-order valence-electron chi connectivity index (χ0n) is 18.5. The lowest BCUT2D eigenvalue weighted by molar-refractivity contribution is 0.0969. The Balaban J connectivity index is 1.67. The Morgan fingerprint density at radius 3 is 2.74 bits per heavy atom. The molecule has 0 aliphatic carbocycles. The van der Waals surface area contributed by atoms with Gasteiger partial charge in [-0.15, -0.1) is 0 Å². The maximum Gasteiger partial charge on any atom is 0.208 e. The van der Waals surface area contributed by atoms with E-state index >= 15 is 0 Å². The van der Waals surface area contributed by atoms with Crippen molar-refractivity contribution in [1.82, 2.24) is 9.88 Å². The normalized spacial score (nSPS) is 22.7. The third-order valence-electron chi connectivity index (χ3n) is 6.10. The van der Waals surface area contributed by atoms with Gasteiger partial charge in [-0.3, -0.25) is 4.90 Å². The molecular weight excluding hydrogens is 479 g/mol. The van der Waals surface area contributed by atoms with Crippen LogP contribution in [0.15, 0.2) is 53.6 Å². The van der Waals surface area contributed by atoms with Crippen LogP contribution >= 0.6 is 23.1 Å². The van der Waals surface area contributed by atoms with Crippen molar-refractivity contribution in [2.24, 2.45) is 10.8 Å². The first-order valence-corrected chi connectivity index (χ1v) is 12.7. The van der Waals surface area contributed by atoms with Crippen LogP contribution in [0.25, 0.3) is 0 Å². The van der Waals surface area contributed by atoms with Crippen LogP contribution in [0.5, 0.6) is 0 Å². The van der Waals surface area contributed by atoms with Crippen LogP contribution in [0.1, 0.15) is 40.8 Å². The molecule has 2 aliphatic heterocycles. The summed E-state index contributed by atoms with van der Waals surface area (Å²) in [5.74, 6) is -1.10. The standard InChI is InChI=1S/C24H24F3N5S2/c1-31-13-10-19-20(21(31)27)29-23(33-19)32-24(11-5-12-28,15-6-3-2-4-7-15)34-22(30-32)17-14-16(25)8-9-18(17)26/h2-4,6-9,14,21H,5,10-13,28H2,1H3. The first-order valence-electron chi connectivity index (χ1n) is 11.1. The molecule has 0 saturated heterocycles. The van der Waals surface area contributed by atoms with E-state index in [2.05, 4.69) is 4.98 Å². The molecule has 2 N–H and O–H groups in total. The highest BCUT2D eigenvalue weighted by Crippen LogP contribution is 2.53. The Labute approximate surface area is 204 Å². The lowest BCUT2D eigenvalue weighted by Gasteiger charge is -2.35. The SMILES string of the molecule is CN1CCc2sc(N3N=C(c4cc(F)ccc4F)SC3(CCCN)c3ccccc3)nc2C1F. The van der Waals surface area contributed by atoms with Gasteiger partial charge in [-0.2, -0.15) is 5.10 Å². The summed E-state index contributed by atoms with van der Waals surface area (Å²) in [4.78, 5) is 6.39. The van der Waals surface area contributed by atoms with Gasteiger partial charge in [-0.1, -0.05) is 53.4 Å². The van der Waals surface area contributed by atoms with Gasteiger partial charge in [0, 0.05) is 17.0 Å². The summed E-state index contributed by atoms with van der Waals surface area (Å²) in [6.07, 6.45) is 0.669. The molecule has 5 rings (SSSR count). The van der Waals surface area contributed by atoms with Gasteiger partial charge in [0.2, 0.25) is 5.13 Å². The van der Waals surface area contributed by atoms with E-state index in [9.17, 15) is 13.2 Å². The van der Waals surface area contributed by atoms with Gasteiger partial charge < -0.3 is 5.73 Å². The Morgan fingerprint density at radius 1 is 1.18 bits per heavy atom. The third-order valence-corrected chi connectivity index (χ3v) is 8.66. The van der Waals surface area contributed by atoms with Gasteiger partial charge in [0.15, 0.2) is 6.30 Å². The molecule has 10 heteroatoms. The van der Waals surface area contributed by atoms with Crippen LogP contribution in [-0.4, -0.2) is 35.1 Å². The quantitative estimate of drug-likeness (QED) is 0.458. The molecule has 0 spiro atoms. The lowest BCUT2D eigenvalue weighted by atomic mass is 10.0. The highest BCUT2D eigenvalue weighted by atomic mass is 32.2. The molecule has 34 heavy (non-hydrogen) atoms. The van der Waals surface area contributed by atoms with Gasteiger partial charge in [-0.25, -0.2) is 23.2 Å². The minimum Gasteiger partial charge on any atom is -0.330 e. The van der Waals surface area contributed by atoms with E-state index in [1.54, 1.807) is 17.0 Å². The fraction of sp³-hybridized carbons (Fsp3) is 0.333. The second-order valence-corrected chi connectivity index (χ2v) is 10.7. The van der Waals surface area contributed by atoms with Crippen molar-refractivity contribution in [2.45, 2.75) is 30.4 Å².